The second kappa shape index (κ2) is 12.3. The molecule has 0 aliphatic carbocycles. The molecule has 3 heterocycles. The molecule has 0 bridgehead atoms. The number of rotatable bonds is 10. The Labute approximate surface area is 202 Å². The van der Waals surface area contributed by atoms with E-state index in [1.165, 1.54) is 17.6 Å². The summed E-state index contributed by atoms with van der Waals surface area (Å²) in [6.07, 6.45) is 8.71. The molecule has 0 N–H and O–H groups in total. The van der Waals surface area contributed by atoms with Crippen molar-refractivity contribution in [3.63, 3.8) is 0 Å². The van der Waals surface area contributed by atoms with E-state index in [0.717, 1.165) is 0 Å². The van der Waals surface area contributed by atoms with E-state index in [-0.39, 0.29) is 28.4 Å². The van der Waals surface area contributed by atoms with E-state index in [1.54, 1.807) is 53.3 Å². The van der Waals surface area contributed by atoms with Gasteiger partial charge in [-0.1, -0.05) is 24.8 Å². The Morgan fingerprint density at radius 1 is 1.37 bits per heavy atom. The van der Waals surface area contributed by atoms with Gasteiger partial charge in [0, 0.05) is 26.0 Å². The predicted octanol–water partition coefficient (Wildman–Crippen LogP) is 3.04. The number of fused-ring (bicyclic) bond motifs is 2. The van der Waals surface area contributed by atoms with E-state index < -0.39 is 5.91 Å². The molecule has 9 heteroatoms. The van der Waals surface area contributed by atoms with E-state index in [1.807, 2.05) is 6.92 Å². The Bertz CT molecular complexity index is 1470. The highest BCUT2D eigenvalue weighted by molar-refractivity contribution is 5.80. The number of aryl methyl sites for hydroxylation is 1. The maximum absolute atomic E-state index is 13.2. The zero-order chi connectivity index (χ0) is 25.2. The van der Waals surface area contributed by atoms with Crippen LogP contribution in [0.1, 0.15) is 25.3 Å². The van der Waals surface area contributed by atoms with Crippen LogP contribution in [0, 0.1) is 11.3 Å². The van der Waals surface area contributed by atoms with Crippen LogP contribution in [0.25, 0.3) is 16.7 Å². The van der Waals surface area contributed by atoms with Gasteiger partial charge in [0.2, 0.25) is 0 Å². The summed E-state index contributed by atoms with van der Waals surface area (Å²) in [7, 11) is 1.50. The SMILES string of the molecule is C=C/C=C/C(=C/CC(=O)N=c1c(C#N)cc2c(=O)n3ccccc3nc2n1CCCOCC)OC. The largest absolute Gasteiger partial charge is 0.497 e. The number of carbonyl (C=O) groups is 1. The van der Waals surface area contributed by atoms with Gasteiger partial charge in [-0.2, -0.15) is 10.3 Å². The predicted molar refractivity (Wildman–Crippen MR) is 132 cm³/mol. The van der Waals surface area contributed by atoms with Crippen molar-refractivity contribution < 1.29 is 14.3 Å². The fourth-order valence-electron chi connectivity index (χ4n) is 3.50. The second-order valence-electron chi connectivity index (χ2n) is 7.39. The lowest BCUT2D eigenvalue weighted by atomic mass is 10.2. The standard InChI is InChI=1S/C26H27N5O4/c1-4-6-10-20(34-3)12-13-23(32)29-24-19(18-27)17-21-25(31(24)15-9-16-35-5-2)28-22-11-7-8-14-30(22)26(21)33/h4,6-8,10-12,14,17H,1,5,9,13,15-16H2,2-3H3/b10-6+,20-12-,29-24?. The van der Waals surface area contributed by atoms with Crippen molar-refractivity contribution >= 4 is 22.6 Å². The summed E-state index contributed by atoms with van der Waals surface area (Å²) in [5.41, 5.74) is 0.764. The number of nitriles is 1. The van der Waals surface area contributed by atoms with Gasteiger partial charge in [-0.25, -0.2) is 4.98 Å². The van der Waals surface area contributed by atoms with Crippen molar-refractivity contribution in [2.45, 2.75) is 26.3 Å². The van der Waals surface area contributed by atoms with Crippen LogP contribution in [-0.4, -0.2) is 40.2 Å². The number of aromatic nitrogens is 3. The molecule has 0 aliphatic rings. The molecule has 0 unspecified atom stereocenters. The number of carbonyl (C=O) groups excluding carboxylic acids is 1. The lowest BCUT2D eigenvalue weighted by Gasteiger charge is -2.13. The topological polar surface area (TPSA) is 111 Å². The minimum atomic E-state index is -0.474. The van der Waals surface area contributed by atoms with Gasteiger partial charge in [-0.05, 0) is 43.7 Å². The second-order valence-corrected chi connectivity index (χ2v) is 7.39. The molecule has 180 valence electrons. The summed E-state index contributed by atoms with van der Waals surface area (Å²) in [6.45, 7) is 6.90. The molecule has 0 saturated heterocycles. The van der Waals surface area contributed by atoms with Gasteiger partial charge in [0.25, 0.3) is 11.5 Å². The Balaban J connectivity index is 2.20. The lowest BCUT2D eigenvalue weighted by Crippen LogP contribution is -2.30. The quantitative estimate of drug-likeness (QED) is 0.194. The average molecular weight is 474 g/mol. The molecule has 0 aliphatic heterocycles. The molecule has 0 spiro atoms. The van der Waals surface area contributed by atoms with E-state index in [9.17, 15) is 14.9 Å². The molecule has 35 heavy (non-hydrogen) atoms. The summed E-state index contributed by atoms with van der Waals surface area (Å²) >= 11 is 0. The first kappa shape index (κ1) is 25.3. The molecular weight excluding hydrogens is 446 g/mol. The number of allylic oxidation sites excluding steroid dienone is 3. The first-order chi connectivity index (χ1) is 17.0. The normalized spacial score (nSPS) is 12.4. The molecule has 3 rings (SSSR count). The average Bonchev–Trinajstić information content (AvgIpc) is 2.87. The third kappa shape index (κ3) is 5.99. The van der Waals surface area contributed by atoms with E-state index >= 15 is 0 Å². The van der Waals surface area contributed by atoms with Gasteiger partial charge in [0.05, 0.1) is 24.5 Å². The fraction of sp³-hybridized carbons (Fsp3) is 0.269. The van der Waals surface area contributed by atoms with Crippen LogP contribution in [-0.2, 0) is 20.8 Å². The highest BCUT2D eigenvalue weighted by Crippen LogP contribution is 2.11. The molecule has 0 radical (unpaired) electrons. The van der Waals surface area contributed by atoms with Crippen molar-refractivity contribution in [3.05, 3.63) is 88.5 Å². The third-order valence-corrected chi connectivity index (χ3v) is 5.13. The van der Waals surface area contributed by atoms with Crippen molar-refractivity contribution in [2.24, 2.45) is 4.99 Å². The van der Waals surface area contributed by atoms with E-state index in [0.29, 0.717) is 43.2 Å². The molecule has 3 aromatic rings. The minimum Gasteiger partial charge on any atom is -0.497 e. The smallest absolute Gasteiger partial charge is 0.267 e. The number of amides is 1. The van der Waals surface area contributed by atoms with Gasteiger partial charge in [0.15, 0.2) is 5.49 Å². The van der Waals surface area contributed by atoms with Gasteiger partial charge >= 0.3 is 0 Å². The molecule has 0 saturated carbocycles. The minimum absolute atomic E-state index is 0.0414. The summed E-state index contributed by atoms with van der Waals surface area (Å²) in [5, 5.41) is 10.1. The molecule has 0 aromatic carbocycles. The molecule has 3 aromatic heterocycles. The number of hydrogen-bond acceptors (Lipinski definition) is 6. The molecule has 0 atom stereocenters. The van der Waals surface area contributed by atoms with Crippen molar-refractivity contribution in [1.29, 1.82) is 5.26 Å². The first-order valence-electron chi connectivity index (χ1n) is 11.2. The summed E-state index contributed by atoms with van der Waals surface area (Å²) in [5.74, 6) is 0.0108. The van der Waals surface area contributed by atoms with Crippen LogP contribution >= 0.6 is 0 Å². The van der Waals surface area contributed by atoms with Gasteiger partial charge in [-0.15, -0.1) is 0 Å². The first-order valence-corrected chi connectivity index (χ1v) is 11.2. The number of hydrogen-bond donors (Lipinski definition) is 0. The number of ether oxygens (including phenoxy) is 2. The molecule has 9 nitrogen and oxygen atoms in total. The lowest BCUT2D eigenvalue weighted by molar-refractivity contribution is -0.117. The number of methoxy groups -OCH3 is 1. The van der Waals surface area contributed by atoms with Crippen LogP contribution in [0.15, 0.2) is 76.9 Å². The van der Waals surface area contributed by atoms with Crippen LogP contribution in [0.3, 0.4) is 0 Å². The third-order valence-electron chi connectivity index (χ3n) is 5.13. The maximum Gasteiger partial charge on any atom is 0.267 e. The zero-order valence-corrected chi connectivity index (χ0v) is 19.8. The Morgan fingerprint density at radius 3 is 2.91 bits per heavy atom. The summed E-state index contributed by atoms with van der Waals surface area (Å²) < 4.78 is 13.7. The Kier molecular flexibility index (Phi) is 8.87. The van der Waals surface area contributed by atoms with Crippen molar-refractivity contribution in [3.8, 4) is 6.07 Å². The molecular formula is C26H27N5O4. The van der Waals surface area contributed by atoms with Gasteiger partial charge < -0.3 is 14.0 Å². The van der Waals surface area contributed by atoms with Crippen LogP contribution < -0.4 is 11.0 Å². The van der Waals surface area contributed by atoms with Crippen molar-refractivity contribution in [1.82, 2.24) is 14.0 Å². The van der Waals surface area contributed by atoms with Gasteiger partial charge in [-0.3, -0.25) is 14.0 Å². The highest BCUT2D eigenvalue weighted by atomic mass is 16.5. The van der Waals surface area contributed by atoms with E-state index in [4.69, 9.17) is 9.47 Å². The Hall–Kier alpha value is -4.29. The number of nitrogens with zero attached hydrogens (tertiary/aromatic N) is 5. The monoisotopic (exact) mass is 473 g/mol. The maximum atomic E-state index is 13.2. The summed E-state index contributed by atoms with van der Waals surface area (Å²) in [4.78, 5) is 34.8. The number of pyridine rings is 2. The van der Waals surface area contributed by atoms with Crippen LogP contribution in [0.2, 0.25) is 0 Å². The Morgan fingerprint density at radius 2 is 2.20 bits per heavy atom. The summed E-state index contributed by atoms with van der Waals surface area (Å²) in [6, 6.07) is 8.76. The molecule has 0 fully saturated rings. The van der Waals surface area contributed by atoms with Crippen LogP contribution in [0.4, 0.5) is 0 Å². The van der Waals surface area contributed by atoms with Crippen LogP contribution in [0.5, 0.6) is 0 Å². The molecule has 1 amide bonds. The van der Waals surface area contributed by atoms with Gasteiger partial charge in [0.1, 0.15) is 23.1 Å². The highest BCUT2D eigenvalue weighted by Gasteiger charge is 2.15. The zero-order valence-electron chi connectivity index (χ0n) is 19.8. The van der Waals surface area contributed by atoms with Crippen molar-refractivity contribution in [2.75, 3.05) is 20.3 Å². The fourth-order valence-corrected chi connectivity index (χ4v) is 3.50. The van der Waals surface area contributed by atoms with E-state index in [2.05, 4.69) is 22.6 Å².